The zero-order chi connectivity index (χ0) is 21.7. The second-order valence-electron chi connectivity index (χ2n) is 6.03. The molecule has 0 aliphatic heterocycles. The number of methoxy groups -OCH3 is 2. The van der Waals surface area contributed by atoms with Crippen LogP contribution in [0.4, 0.5) is 5.69 Å². The van der Waals surface area contributed by atoms with Gasteiger partial charge in [-0.1, -0.05) is 0 Å². The number of ether oxygens (including phenoxy) is 2. The number of nitro groups is 1. The van der Waals surface area contributed by atoms with Crippen LogP contribution >= 0.6 is 0 Å². The van der Waals surface area contributed by atoms with Crippen LogP contribution in [-0.4, -0.2) is 41.4 Å². The standard InChI is InChI=1S/C20H20N4O6/c1-4-30-22-20(25)18-12-17(16-10-9-15(28-2)11-19(16)29-3)21-23(18)13-5-7-14(8-6-13)24(26)27/h5-12H,4H2,1-3H3,(H,22,25). The fourth-order valence-corrected chi connectivity index (χ4v) is 2.79. The van der Waals surface area contributed by atoms with Crippen molar-refractivity contribution in [3.63, 3.8) is 0 Å². The van der Waals surface area contributed by atoms with Crippen LogP contribution in [0.15, 0.2) is 48.5 Å². The first kappa shape index (κ1) is 20.8. The predicted molar refractivity (Wildman–Crippen MR) is 108 cm³/mol. The molecule has 0 atom stereocenters. The molecule has 1 amide bonds. The van der Waals surface area contributed by atoms with E-state index < -0.39 is 10.8 Å². The Morgan fingerprint density at radius 3 is 2.47 bits per heavy atom. The second-order valence-corrected chi connectivity index (χ2v) is 6.03. The number of non-ortho nitro benzene ring substituents is 1. The summed E-state index contributed by atoms with van der Waals surface area (Å²) < 4.78 is 12.0. The summed E-state index contributed by atoms with van der Waals surface area (Å²) in [6, 6.07) is 12.5. The molecule has 0 saturated heterocycles. The lowest BCUT2D eigenvalue weighted by molar-refractivity contribution is -0.384. The zero-order valence-electron chi connectivity index (χ0n) is 16.6. The van der Waals surface area contributed by atoms with Gasteiger partial charge in [0.15, 0.2) is 0 Å². The minimum atomic E-state index is -0.513. The van der Waals surface area contributed by atoms with Crippen molar-refractivity contribution in [3.8, 4) is 28.4 Å². The van der Waals surface area contributed by atoms with E-state index in [-0.39, 0.29) is 18.0 Å². The quantitative estimate of drug-likeness (QED) is 0.446. The van der Waals surface area contributed by atoms with Gasteiger partial charge >= 0.3 is 0 Å². The van der Waals surface area contributed by atoms with E-state index >= 15 is 0 Å². The highest BCUT2D eigenvalue weighted by Gasteiger charge is 2.20. The van der Waals surface area contributed by atoms with Gasteiger partial charge in [-0.15, -0.1) is 0 Å². The predicted octanol–water partition coefficient (Wildman–Crippen LogP) is 3.15. The second kappa shape index (κ2) is 9.05. The van der Waals surface area contributed by atoms with Crippen molar-refractivity contribution in [3.05, 3.63) is 64.3 Å². The lowest BCUT2D eigenvalue weighted by Crippen LogP contribution is -2.26. The molecule has 10 nitrogen and oxygen atoms in total. The molecule has 1 N–H and O–H groups in total. The molecular formula is C20H20N4O6. The first-order valence-electron chi connectivity index (χ1n) is 8.98. The minimum absolute atomic E-state index is 0.0664. The Hall–Kier alpha value is -3.92. The van der Waals surface area contributed by atoms with Gasteiger partial charge in [0.1, 0.15) is 17.2 Å². The maximum absolute atomic E-state index is 12.6. The van der Waals surface area contributed by atoms with Gasteiger partial charge in [0.25, 0.3) is 11.6 Å². The SMILES string of the molecule is CCONC(=O)c1cc(-c2ccc(OC)cc2OC)nn1-c1ccc([N+](=O)[O-])cc1. The summed E-state index contributed by atoms with van der Waals surface area (Å²) in [7, 11) is 3.07. The Morgan fingerprint density at radius 2 is 1.87 bits per heavy atom. The molecule has 0 unspecified atom stereocenters. The van der Waals surface area contributed by atoms with Gasteiger partial charge < -0.3 is 9.47 Å². The van der Waals surface area contributed by atoms with Crippen molar-refractivity contribution in [2.45, 2.75) is 6.92 Å². The van der Waals surface area contributed by atoms with E-state index in [0.717, 1.165) is 0 Å². The third kappa shape index (κ3) is 4.23. The van der Waals surface area contributed by atoms with Crippen molar-refractivity contribution in [2.24, 2.45) is 0 Å². The van der Waals surface area contributed by atoms with Gasteiger partial charge in [-0.25, -0.2) is 10.2 Å². The maximum atomic E-state index is 12.6. The van der Waals surface area contributed by atoms with E-state index in [1.54, 1.807) is 38.3 Å². The Kier molecular flexibility index (Phi) is 6.28. The highest BCUT2D eigenvalue weighted by Crippen LogP contribution is 2.33. The van der Waals surface area contributed by atoms with Crippen molar-refractivity contribution in [1.29, 1.82) is 0 Å². The number of carbonyl (C=O) groups excluding carboxylic acids is 1. The lowest BCUT2D eigenvalue weighted by atomic mass is 10.1. The van der Waals surface area contributed by atoms with Gasteiger partial charge in [-0.2, -0.15) is 5.10 Å². The smallest absolute Gasteiger partial charge is 0.293 e. The summed E-state index contributed by atoms with van der Waals surface area (Å²) in [4.78, 5) is 28.1. The number of benzene rings is 2. The van der Waals surface area contributed by atoms with E-state index in [1.165, 1.54) is 36.1 Å². The summed E-state index contributed by atoms with van der Waals surface area (Å²) in [5.74, 6) is 0.612. The first-order valence-corrected chi connectivity index (χ1v) is 8.98. The number of rotatable bonds is 8. The van der Waals surface area contributed by atoms with Gasteiger partial charge in [-0.3, -0.25) is 19.7 Å². The van der Waals surface area contributed by atoms with Gasteiger partial charge in [0.05, 0.1) is 37.1 Å². The van der Waals surface area contributed by atoms with E-state index in [1.807, 2.05) is 0 Å². The molecule has 0 aliphatic carbocycles. The van der Waals surface area contributed by atoms with Crippen LogP contribution in [0.2, 0.25) is 0 Å². The highest BCUT2D eigenvalue weighted by atomic mass is 16.6. The molecular weight excluding hydrogens is 392 g/mol. The number of hydrogen-bond acceptors (Lipinski definition) is 7. The summed E-state index contributed by atoms with van der Waals surface area (Å²) in [6.07, 6.45) is 0. The molecule has 156 valence electrons. The zero-order valence-corrected chi connectivity index (χ0v) is 16.6. The van der Waals surface area contributed by atoms with E-state index in [9.17, 15) is 14.9 Å². The molecule has 1 aromatic heterocycles. The normalized spacial score (nSPS) is 10.5. The third-order valence-electron chi connectivity index (χ3n) is 4.24. The van der Waals surface area contributed by atoms with Gasteiger partial charge in [0, 0.05) is 23.8 Å². The highest BCUT2D eigenvalue weighted by molar-refractivity contribution is 5.94. The third-order valence-corrected chi connectivity index (χ3v) is 4.24. The Morgan fingerprint density at radius 1 is 1.13 bits per heavy atom. The number of hydroxylamine groups is 1. The number of hydrogen-bond donors (Lipinski definition) is 1. The maximum Gasteiger partial charge on any atom is 0.293 e. The molecule has 0 saturated carbocycles. The number of amides is 1. The molecule has 2 aromatic carbocycles. The van der Waals surface area contributed by atoms with Gasteiger partial charge in [-0.05, 0) is 37.3 Å². The first-order chi connectivity index (χ1) is 14.5. The molecule has 3 aromatic rings. The fraction of sp³-hybridized carbons (Fsp3) is 0.200. The monoisotopic (exact) mass is 412 g/mol. The minimum Gasteiger partial charge on any atom is -0.497 e. The van der Waals surface area contributed by atoms with Crippen LogP contribution in [0.3, 0.4) is 0 Å². The van der Waals surface area contributed by atoms with Crippen molar-refractivity contribution < 1.29 is 24.0 Å². The van der Waals surface area contributed by atoms with E-state index in [0.29, 0.717) is 28.4 Å². The van der Waals surface area contributed by atoms with Crippen molar-refractivity contribution >= 4 is 11.6 Å². The summed E-state index contributed by atoms with van der Waals surface area (Å²) in [6.45, 7) is 2.03. The largest absolute Gasteiger partial charge is 0.497 e. The molecule has 0 aliphatic rings. The van der Waals surface area contributed by atoms with Crippen molar-refractivity contribution in [1.82, 2.24) is 15.3 Å². The topological polar surface area (TPSA) is 118 Å². The van der Waals surface area contributed by atoms with Crippen molar-refractivity contribution in [2.75, 3.05) is 20.8 Å². The number of nitrogens with zero attached hydrogens (tertiary/aromatic N) is 3. The fourth-order valence-electron chi connectivity index (χ4n) is 2.79. The molecule has 0 bridgehead atoms. The molecule has 3 rings (SSSR count). The number of aromatic nitrogens is 2. The molecule has 0 spiro atoms. The molecule has 0 radical (unpaired) electrons. The summed E-state index contributed by atoms with van der Waals surface area (Å²) >= 11 is 0. The average molecular weight is 412 g/mol. The Balaban J connectivity index is 2.11. The van der Waals surface area contributed by atoms with Crippen LogP contribution in [0.5, 0.6) is 11.5 Å². The van der Waals surface area contributed by atoms with E-state index in [4.69, 9.17) is 14.3 Å². The van der Waals surface area contributed by atoms with Crippen LogP contribution in [0.1, 0.15) is 17.4 Å². The van der Waals surface area contributed by atoms with Crippen LogP contribution in [0, 0.1) is 10.1 Å². The summed E-state index contributed by atoms with van der Waals surface area (Å²) in [5.41, 5.74) is 4.04. The average Bonchev–Trinajstić information content (AvgIpc) is 3.22. The summed E-state index contributed by atoms with van der Waals surface area (Å²) in [5, 5.41) is 15.5. The number of nitrogens with one attached hydrogen (secondary N) is 1. The molecule has 0 fully saturated rings. The lowest BCUT2D eigenvalue weighted by Gasteiger charge is -2.08. The van der Waals surface area contributed by atoms with E-state index in [2.05, 4.69) is 10.6 Å². The van der Waals surface area contributed by atoms with Crippen LogP contribution in [-0.2, 0) is 4.84 Å². The van der Waals surface area contributed by atoms with Crippen LogP contribution in [0.25, 0.3) is 16.9 Å². The number of nitro benzene ring substituents is 1. The van der Waals surface area contributed by atoms with Gasteiger partial charge in [0.2, 0.25) is 0 Å². The molecule has 30 heavy (non-hydrogen) atoms. The Labute approximate surface area is 172 Å². The molecule has 1 heterocycles. The Bertz CT molecular complexity index is 1060. The molecule has 10 heteroatoms. The van der Waals surface area contributed by atoms with Crippen LogP contribution < -0.4 is 15.0 Å². The number of carbonyl (C=O) groups is 1.